The highest BCUT2D eigenvalue weighted by Gasteiger charge is 2.32. The Labute approximate surface area is 320 Å². The van der Waals surface area contributed by atoms with Crippen LogP contribution in [0.1, 0.15) is 99.0 Å². The summed E-state index contributed by atoms with van der Waals surface area (Å²) in [5.41, 5.74) is 0.514. The highest BCUT2D eigenvalue weighted by molar-refractivity contribution is 5.87. The van der Waals surface area contributed by atoms with Gasteiger partial charge in [0.1, 0.15) is 30.2 Å². The first-order valence-corrected chi connectivity index (χ1v) is 18.9. The number of halogens is 1. The van der Waals surface area contributed by atoms with Gasteiger partial charge in [-0.1, -0.05) is 24.5 Å². The van der Waals surface area contributed by atoms with Crippen molar-refractivity contribution < 1.29 is 37.8 Å². The van der Waals surface area contributed by atoms with Gasteiger partial charge >= 0.3 is 12.1 Å². The summed E-state index contributed by atoms with van der Waals surface area (Å²) < 4.78 is 28.8. The molecule has 2 heterocycles. The van der Waals surface area contributed by atoms with Gasteiger partial charge in [-0.05, 0) is 110 Å². The first-order chi connectivity index (χ1) is 25.4. The molecule has 0 bridgehead atoms. The molecule has 0 aromatic heterocycles. The third-order valence-electron chi connectivity index (χ3n) is 8.82. The van der Waals surface area contributed by atoms with Gasteiger partial charge in [0.05, 0.1) is 18.4 Å². The Hall–Kier alpha value is -4.66. The van der Waals surface area contributed by atoms with Crippen LogP contribution in [-0.2, 0) is 23.9 Å². The summed E-state index contributed by atoms with van der Waals surface area (Å²) in [5.74, 6) is 5.74. The predicted octanol–water partition coefficient (Wildman–Crippen LogP) is 6.80. The van der Waals surface area contributed by atoms with Crippen LogP contribution >= 0.6 is 0 Å². The molecule has 3 rings (SSSR count). The maximum Gasteiger partial charge on any atom is 0.410 e. The van der Waals surface area contributed by atoms with Gasteiger partial charge in [-0.25, -0.2) is 9.18 Å². The summed E-state index contributed by atoms with van der Waals surface area (Å²) in [7, 11) is 0. The Morgan fingerprint density at radius 3 is 2.41 bits per heavy atom. The summed E-state index contributed by atoms with van der Waals surface area (Å²) in [6, 6.07) is 6.29. The molecule has 12 heteroatoms. The van der Waals surface area contributed by atoms with E-state index < -0.39 is 35.8 Å². The zero-order chi connectivity index (χ0) is 39.9. The number of allylic oxidation sites excluding steroid dienone is 1. The van der Waals surface area contributed by atoms with Crippen LogP contribution in [0.2, 0.25) is 0 Å². The molecular formula is C42H59FN4O7. The number of piperidine rings is 2. The van der Waals surface area contributed by atoms with E-state index in [1.807, 2.05) is 26.8 Å². The van der Waals surface area contributed by atoms with Crippen molar-refractivity contribution in [3.63, 3.8) is 0 Å². The van der Waals surface area contributed by atoms with Crippen molar-refractivity contribution in [1.82, 2.24) is 15.1 Å². The molecule has 2 aliphatic heterocycles. The molecule has 0 unspecified atom stereocenters. The first-order valence-electron chi connectivity index (χ1n) is 18.9. The third-order valence-corrected chi connectivity index (χ3v) is 8.82. The Bertz CT molecular complexity index is 1590. The molecule has 1 N–H and O–H groups in total. The van der Waals surface area contributed by atoms with Crippen molar-refractivity contribution in [2.45, 2.75) is 111 Å². The second kappa shape index (κ2) is 20.7. The number of amides is 3. The van der Waals surface area contributed by atoms with Crippen LogP contribution in [0.4, 0.5) is 9.18 Å². The number of likely N-dealkylation sites (tertiary alicyclic amines) is 2. The molecule has 0 spiro atoms. The third kappa shape index (κ3) is 16.1. The average Bonchev–Trinajstić information content (AvgIpc) is 3.10. The summed E-state index contributed by atoms with van der Waals surface area (Å²) in [4.78, 5) is 60.0. The molecule has 2 saturated heterocycles. The number of hydrogen-bond donors (Lipinski definition) is 1. The lowest BCUT2D eigenvalue weighted by molar-refractivity contribution is -0.155. The summed E-state index contributed by atoms with van der Waals surface area (Å²) in [6.45, 7) is 18.3. The number of benzene rings is 1. The lowest BCUT2D eigenvalue weighted by Crippen LogP contribution is -2.48. The quantitative estimate of drug-likeness (QED) is 0.134. The molecule has 296 valence electrons. The second-order valence-electron chi connectivity index (χ2n) is 16.0. The highest BCUT2D eigenvalue weighted by atomic mass is 19.1. The molecule has 0 aliphatic carbocycles. The molecule has 2 atom stereocenters. The molecule has 2 fully saturated rings. The molecule has 1 aromatic rings. The summed E-state index contributed by atoms with van der Waals surface area (Å²) in [6.07, 6.45) is 6.67. The number of nitrogens with one attached hydrogen (secondary N) is 1. The highest BCUT2D eigenvalue weighted by Crippen LogP contribution is 2.25. The van der Waals surface area contributed by atoms with Gasteiger partial charge in [0.25, 0.3) is 0 Å². The topological polar surface area (TPSA) is 127 Å². The maximum absolute atomic E-state index is 13.6. The lowest BCUT2D eigenvalue weighted by Gasteiger charge is -2.35. The Balaban J connectivity index is 1.58. The van der Waals surface area contributed by atoms with Crippen molar-refractivity contribution >= 4 is 30.1 Å². The van der Waals surface area contributed by atoms with Crippen molar-refractivity contribution in [3.8, 4) is 17.6 Å². The van der Waals surface area contributed by atoms with Gasteiger partial charge in [0, 0.05) is 56.2 Å². The predicted molar refractivity (Wildman–Crippen MR) is 208 cm³/mol. The molecule has 0 radical (unpaired) electrons. The van der Waals surface area contributed by atoms with Crippen molar-refractivity contribution in [3.05, 3.63) is 53.8 Å². The van der Waals surface area contributed by atoms with E-state index in [0.29, 0.717) is 73.8 Å². The molecule has 2 aliphatic rings. The molecule has 1 aromatic carbocycles. The number of carbonyl (C=O) groups is 4. The molecular weight excluding hydrogens is 691 g/mol. The zero-order valence-electron chi connectivity index (χ0n) is 33.2. The Morgan fingerprint density at radius 1 is 1.04 bits per heavy atom. The number of ether oxygens (including phenoxy) is 3. The van der Waals surface area contributed by atoms with Crippen molar-refractivity contribution in [1.29, 1.82) is 0 Å². The number of esters is 1. The second-order valence-corrected chi connectivity index (χ2v) is 16.0. The smallest absolute Gasteiger partial charge is 0.410 e. The minimum Gasteiger partial charge on any atom is -0.491 e. The summed E-state index contributed by atoms with van der Waals surface area (Å²) >= 11 is 0. The van der Waals surface area contributed by atoms with Gasteiger partial charge in [-0.2, -0.15) is 0 Å². The van der Waals surface area contributed by atoms with Crippen LogP contribution in [0.25, 0.3) is 0 Å². The number of nitrogens with zero attached hydrogens (tertiary/aromatic N) is 3. The van der Waals surface area contributed by atoms with Crippen LogP contribution < -0.4 is 10.1 Å². The fourth-order valence-electron chi connectivity index (χ4n) is 6.11. The summed E-state index contributed by atoms with van der Waals surface area (Å²) in [5, 5.41) is 2.98. The van der Waals surface area contributed by atoms with E-state index in [-0.39, 0.29) is 30.9 Å². The van der Waals surface area contributed by atoms with E-state index in [9.17, 15) is 23.6 Å². The van der Waals surface area contributed by atoms with Crippen molar-refractivity contribution in [2.24, 2.45) is 16.8 Å². The fraction of sp³-hybridized carbons (Fsp3) is 0.595. The van der Waals surface area contributed by atoms with E-state index in [2.05, 4.69) is 28.7 Å². The number of aliphatic imine (C=N–C) groups is 1. The number of rotatable bonds is 13. The standard InChI is InChI=1S/C42H59FN4O7/c1-30(14-15-33-11-9-13-35(25-33)52-24-20-43)27-44-28-31(2)36(26-38(49)53-41(3,4)5)45-39(50)34-12-10-21-47(29-34)37(48)17-16-32-18-22-46(23-19-32)40(51)54-42(6,7)8/h9,11,13,25,27-28,32,34,36H,2,10,12,16-24,26,29H2,1,3-8H3,(H,45,50)/b30-27+,44-28?/t34-,36+/m1/s1. The van der Waals surface area contributed by atoms with Crippen LogP contribution in [0, 0.1) is 23.7 Å². The van der Waals surface area contributed by atoms with Gasteiger partial charge in [-0.15, -0.1) is 0 Å². The van der Waals surface area contributed by atoms with Crippen LogP contribution in [-0.4, -0.2) is 96.6 Å². The first kappa shape index (κ1) is 43.7. The van der Waals surface area contributed by atoms with Gasteiger partial charge < -0.3 is 29.3 Å². The van der Waals surface area contributed by atoms with Crippen molar-refractivity contribution in [2.75, 3.05) is 39.5 Å². The van der Waals surface area contributed by atoms with E-state index >= 15 is 0 Å². The molecule has 11 nitrogen and oxygen atoms in total. The van der Waals surface area contributed by atoms with E-state index in [4.69, 9.17) is 14.2 Å². The maximum atomic E-state index is 13.6. The van der Waals surface area contributed by atoms with Gasteiger partial charge in [0.2, 0.25) is 11.8 Å². The molecule has 54 heavy (non-hydrogen) atoms. The Kier molecular flexibility index (Phi) is 16.8. The van der Waals surface area contributed by atoms with Gasteiger partial charge in [0.15, 0.2) is 0 Å². The van der Waals surface area contributed by atoms with Gasteiger partial charge in [-0.3, -0.25) is 19.4 Å². The zero-order valence-corrected chi connectivity index (χ0v) is 33.2. The van der Waals surface area contributed by atoms with E-state index in [1.54, 1.807) is 61.9 Å². The number of hydrogen-bond acceptors (Lipinski definition) is 8. The van der Waals surface area contributed by atoms with Crippen LogP contribution in [0.15, 0.2) is 53.2 Å². The SMILES string of the molecule is C=C(C=N/C=C(\C)C#Cc1cccc(OCCF)c1)[C@H](CC(=O)OC(C)(C)C)NC(=O)[C@@H]1CCCN(C(=O)CCC2CCN(C(=O)OC(C)(C)C)CC2)C1. The van der Waals surface area contributed by atoms with E-state index in [1.165, 1.54) is 6.21 Å². The fourth-order valence-corrected chi connectivity index (χ4v) is 6.11. The molecule has 0 saturated carbocycles. The van der Waals surface area contributed by atoms with E-state index in [0.717, 1.165) is 19.3 Å². The average molecular weight is 751 g/mol. The molecule has 3 amide bonds. The lowest BCUT2D eigenvalue weighted by atomic mass is 9.91. The monoisotopic (exact) mass is 750 g/mol. The van der Waals surface area contributed by atoms with Crippen LogP contribution in [0.3, 0.4) is 0 Å². The number of alkyl halides is 1. The van der Waals surface area contributed by atoms with Crippen LogP contribution in [0.5, 0.6) is 5.75 Å². The Morgan fingerprint density at radius 2 is 1.74 bits per heavy atom. The minimum atomic E-state index is -0.777. The minimum absolute atomic E-state index is 0.0204. The largest absolute Gasteiger partial charge is 0.491 e. The number of carbonyl (C=O) groups excluding carboxylic acids is 4. The normalized spacial score (nSPS) is 17.6.